The van der Waals surface area contributed by atoms with Crippen LogP contribution in [0.2, 0.25) is 19.6 Å². The number of hydrogen-bond donors (Lipinski definition) is 0. The van der Waals surface area contributed by atoms with Crippen LogP contribution in [0.5, 0.6) is 0 Å². The Bertz CT molecular complexity index is 785. The highest BCUT2D eigenvalue weighted by Gasteiger charge is 2.10. The van der Waals surface area contributed by atoms with Crippen LogP contribution >= 0.6 is 0 Å². The Morgan fingerprint density at radius 3 is 2.32 bits per heavy atom. The van der Waals surface area contributed by atoms with Gasteiger partial charge in [-0.2, -0.15) is 10.2 Å². The first kappa shape index (κ1) is 15.7. The Balaban J connectivity index is 2.45. The minimum Gasteiger partial charge on any atom is -0.237 e. The molecule has 0 spiro atoms. The summed E-state index contributed by atoms with van der Waals surface area (Å²) in [5.41, 5.74) is 5.90. The Kier molecular flexibility index (Phi) is 4.88. The molecule has 0 aromatic heterocycles. The zero-order valence-corrected chi connectivity index (χ0v) is 14.0. The van der Waals surface area contributed by atoms with Gasteiger partial charge in [-0.1, -0.05) is 55.9 Å². The lowest BCUT2D eigenvalue weighted by molar-refractivity contribution is 1.23. The molecule has 0 aliphatic heterocycles. The monoisotopic (exact) mass is 303 g/mol. The third-order valence-corrected chi connectivity index (χ3v) is 3.61. The summed E-state index contributed by atoms with van der Waals surface area (Å²) < 4.78 is 0. The second-order valence-electron chi connectivity index (χ2n) is 5.82. The van der Waals surface area contributed by atoms with Crippen molar-refractivity contribution in [2.24, 2.45) is 10.2 Å². The molecule has 0 N–H and O–H groups in total. The molecule has 0 unspecified atom stereocenters. The summed E-state index contributed by atoms with van der Waals surface area (Å²) in [7, 11) is -1.52. The number of nitrogens with zero attached hydrogens (tertiary/aromatic N) is 3. The molecule has 0 fully saturated rings. The van der Waals surface area contributed by atoms with E-state index >= 15 is 0 Å². The number of benzene rings is 2. The van der Waals surface area contributed by atoms with Crippen molar-refractivity contribution < 1.29 is 0 Å². The fourth-order valence-corrected chi connectivity index (χ4v) is 2.19. The molecule has 0 saturated carbocycles. The Hall–Kier alpha value is -2.69. The quantitative estimate of drug-likeness (QED) is 0.287. The Labute approximate surface area is 132 Å². The largest absolute Gasteiger partial charge is 0.237 e. The molecule has 2 aromatic rings. The molecule has 0 bridgehead atoms. The molecule has 2 rings (SSSR count). The van der Waals surface area contributed by atoms with Gasteiger partial charge in [0.2, 0.25) is 5.69 Å². The van der Waals surface area contributed by atoms with Crippen molar-refractivity contribution in [3.05, 3.63) is 65.5 Å². The van der Waals surface area contributed by atoms with E-state index in [9.17, 15) is 0 Å². The number of hydrogen-bond acceptors (Lipinski definition) is 2. The predicted molar refractivity (Wildman–Crippen MR) is 93.5 cm³/mol. The van der Waals surface area contributed by atoms with Crippen LogP contribution in [0.1, 0.15) is 5.56 Å². The summed E-state index contributed by atoms with van der Waals surface area (Å²) in [6.45, 7) is 13.8. The molecule has 0 saturated heterocycles. The topological polar surface area (TPSA) is 29.1 Å². The zero-order chi connectivity index (χ0) is 16.0. The van der Waals surface area contributed by atoms with Crippen LogP contribution in [0.15, 0.2) is 58.8 Å². The predicted octanol–water partition coefficient (Wildman–Crippen LogP) is 5.88. The number of rotatable bonds is 2. The minimum absolute atomic E-state index is 0.523. The van der Waals surface area contributed by atoms with Gasteiger partial charge in [-0.3, -0.25) is 0 Å². The SMILES string of the molecule is [C-]#[N+]c1cccc(N=Nc2ccccc2)c1C#C[Si](C)(C)C. The van der Waals surface area contributed by atoms with E-state index in [-0.39, 0.29) is 0 Å². The highest BCUT2D eigenvalue weighted by atomic mass is 28.3. The second-order valence-corrected chi connectivity index (χ2v) is 10.6. The van der Waals surface area contributed by atoms with Crippen LogP contribution in [-0.2, 0) is 0 Å². The van der Waals surface area contributed by atoms with E-state index in [1.807, 2.05) is 42.5 Å². The van der Waals surface area contributed by atoms with Crippen molar-refractivity contribution in [1.29, 1.82) is 0 Å². The van der Waals surface area contributed by atoms with Gasteiger partial charge in [-0.05, 0) is 18.2 Å². The van der Waals surface area contributed by atoms with E-state index in [0.717, 1.165) is 5.69 Å². The van der Waals surface area contributed by atoms with Crippen molar-refractivity contribution in [2.45, 2.75) is 19.6 Å². The molecule has 0 aliphatic rings. The molecule has 22 heavy (non-hydrogen) atoms. The van der Waals surface area contributed by atoms with Crippen LogP contribution in [0.25, 0.3) is 4.85 Å². The smallest absolute Gasteiger partial charge is 0.204 e. The first-order valence-corrected chi connectivity index (χ1v) is 10.5. The van der Waals surface area contributed by atoms with Gasteiger partial charge in [0.25, 0.3) is 0 Å². The lowest BCUT2D eigenvalue weighted by Gasteiger charge is -2.05. The Morgan fingerprint density at radius 1 is 0.955 bits per heavy atom. The van der Waals surface area contributed by atoms with Gasteiger partial charge in [0.1, 0.15) is 8.07 Å². The molecule has 0 atom stereocenters. The van der Waals surface area contributed by atoms with E-state index in [4.69, 9.17) is 6.57 Å². The van der Waals surface area contributed by atoms with Crippen LogP contribution in [-0.4, -0.2) is 8.07 Å². The fourth-order valence-electron chi connectivity index (χ4n) is 1.69. The van der Waals surface area contributed by atoms with Crippen LogP contribution in [0.3, 0.4) is 0 Å². The summed E-state index contributed by atoms with van der Waals surface area (Å²) >= 11 is 0. The molecular formula is C18H17N3Si. The van der Waals surface area contributed by atoms with Gasteiger partial charge in [0.05, 0.1) is 23.5 Å². The summed E-state index contributed by atoms with van der Waals surface area (Å²) in [5, 5.41) is 8.50. The van der Waals surface area contributed by atoms with Crippen molar-refractivity contribution in [2.75, 3.05) is 0 Å². The first-order chi connectivity index (χ1) is 10.5. The van der Waals surface area contributed by atoms with Crippen molar-refractivity contribution >= 4 is 25.1 Å². The summed E-state index contributed by atoms with van der Waals surface area (Å²) in [5.74, 6) is 3.15. The van der Waals surface area contributed by atoms with Gasteiger partial charge in [0, 0.05) is 0 Å². The molecule has 0 aliphatic carbocycles. The maximum absolute atomic E-state index is 7.31. The van der Waals surface area contributed by atoms with E-state index in [1.54, 1.807) is 6.07 Å². The lowest BCUT2D eigenvalue weighted by atomic mass is 10.1. The van der Waals surface area contributed by atoms with Crippen molar-refractivity contribution in [3.8, 4) is 11.5 Å². The second kappa shape index (κ2) is 6.84. The average molecular weight is 303 g/mol. The summed E-state index contributed by atoms with van der Waals surface area (Å²) in [6.07, 6.45) is 0. The Morgan fingerprint density at radius 2 is 1.68 bits per heavy atom. The van der Waals surface area contributed by atoms with E-state index in [2.05, 4.69) is 46.2 Å². The van der Waals surface area contributed by atoms with Gasteiger partial charge in [-0.25, -0.2) is 4.85 Å². The molecule has 0 amide bonds. The first-order valence-electron chi connectivity index (χ1n) is 7.00. The maximum atomic E-state index is 7.31. The standard InChI is InChI=1S/C18H17N3Si/c1-19-17-11-8-12-18(16(17)13-14-22(2,3)4)21-20-15-9-6-5-7-10-15/h5-12H,2-4H3. The molecular weight excluding hydrogens is 286 g/mol. The maximum Gasteiger partial charge on any atom is 0.204 e. The van der Waals surface area contributed by atoms with Crippen LogP contribution < -0.4 is 0 Å². The number of azo groups is 1. The van der Waals surface area contributed by atoms with E-state index in [0.29, 0.717) is 16.9 Å². The van der Waals surface area contributed by atoms with E-state index in [1.165, 1.54) is 0 Å². The highest BCUT2D eigenvalue weighted by Crippen LogP contribution is 2.29. The highest BCUT2D eigenvalue weighted by molar-refractivity contribution is 6.83. The van der Waals surface area contributed by atoms with Crippen LogP contribution in [0.4, 0.5) is 17.1 Å². The third kappa shape index (κ3) is 4.41. The summed E-state index contributed by atoms with van der Waals surface area (Å²) in [6, 6.07) is 14.9. The molecule has 108 valence electrons. The van der Waals surface area contributed by atoms with Gasteiger partial charge >= 0.3 is 0 Å². The molecule has 4 heteroatoms. The van der Waals surface area contributed by atoms with Crippen molar-refractivity contribution in [1.82, 2.24) is 0 Å². The average Bonchev–Trinajstić information content (AvgIpc) is 2.51. The third-order valence-electron chi connectivity index (χ3n) is 2.73. The normalized spacial score (nSPS) is 10.8. The van der Waals surface area contributed by atoms with Crippen LogP contribution in [0, 0.1) is 18.0 Å². The fraction of sp³-hybridized carbons (Fsp3) is 0.167. The van der Waals surface area contributed by atoms with Crippen molar-refractivity contribution in [3.63, 3.8) is 0 Å². The molecule has 0 radical (unpaired) electrons. The summed E-state index contributed by atoms with van der Waals surface area (Å²) in [4.78, 5) is 3.55. The molecule has 3 nitrogen and oxygen atoms in total. The van der Waals surface area contributed by atoms with Gasteiger partial charge < -0.3 is 0 Å². The lowest BCUT2D eigenvalue weighted by Crippen LogP contribution is -2.16. The zero-order valence-electron chi connectivity index (χ0n) is 13.0. The van der Waals surface area contributed by atoms with Gasteiger partial charge in [-0.15, -0.1) is 5.54 Å². The molecule has 0 heterocycles. The minimum atomic E-state index is -1.52. The van der Waals surface area contributed by atoms with Gasteiger partial charge in [0.15, 0.2) is 0 Å². The van der Waals surface area contributed by atoms with E-state index < -0.39 is 8.07 Å². The molecule has 2 aromatic carbocycles.